The van der Waals surface area contributed by atoms with Gasteiger partial charge in [-0.15, -0.1) is 0 Å². The molecular formula is C24H19FN2O4S. The summed E-state index contributed by atoms with van der Waals surface area (Å²) >= 11 is -1.94. The van der Waals surface area contributed by atoms with Gasteiger partial charge in [0.25, 0.3) is 5.56 Å². The van der Waals surface area contributed by atoms with Gasteiger partial charge in [0, 0.05) is 5.56 Å². The highest BCUT2D eigenvalue weighted by molar-refractivity contribution is 7.78. The SMILES string of the molecule is O=c1c(COc2ccccc2)c(-c2ccc(CS(=O)O)cc2)cnn1-c1ccc(F)cc1. The van der Waals surface area contributed by atoms with Crippen LogP contribution in [0, 0.1) is 5.82 Å². The minimum Gasteiger partial charge on any atom is -0.489 e. The van der Waals surface area contributed by atoms with Crippen LogP contribution in [-0.2, 0) is 23.4 Å². The van der Waals surface area contributed by atoms with Crippen LogP contribution >= 0.6 is 0 Å². The molecule has 1 heterocycles. The number of halogens is 1. The summed E-state index contributed by atoms with van der Waals surface area (Å²) in [7, 11) is 0. The van der Waals surface area contributed by atoms with Gasteiger partial charge < -0.3 is 9.29 Å². The molecule has 162 valence electrons. The molecule has 0 saturated heterocycles. The third-order valence-electron chi connectivity index (χ3n) is 4.83. The van der Waals surface area contributed by atoms with Crippen LogP contribution in [0.5, 0.6) is 5.75 Å². The summed E-state index contributed by atoms with van der Waals surface area (Å²) in [5.74, 6) is 0.230. The highest BCUT2D eigenvalue weighted by Gasteiger charge is 2.15. The topological polar surface area (TPSA) is 81.4 Å². The van der Waals surface area contributed by atoms with Crippen LogP contribution in [0.1, 0.15) is 11.1 Å². The molecule has 1 unspecified atom stereocenters. The standard InChI is InChI=1S/C24H19FN2O4S/c25-19-10-12-20(13-11-19)27-24(28)23(15-31-21-4-2-1-3-5-21)22(14-26-27)18-8-6-17(7-9-18)16-32(29)30/h1-14H,15-16H2,(H,29,30). The lowest BCUT2D eigenvalue weighted by Gasteiger charge is -2.14. The molecule has 0 amide bonds. The maximum atomic E-state index is 13.3. The van der Waals surface area contributed by atoms with Gasteiger partial charge in [-0.2, -0.15) is 9.78 Å². The fourth-order valence-corrected chi connectivity index (χ4v) is 3.72. The van der Waals surface area contributed by atoms with Gasteiger partial charge in [0.1, 0.15) is 18.2 Å². The second kappa shape index (κ2) is 9.67. The summed E-state index contributed by atoms with van der Waals surface area (Å²) in [5, 5.41) is 4.28. The number of para-hydroxylation sites is 1. The highest BCUT2D eigenvalue weighted by atomic mass is 32.2. The Labute approximate surface area is 186 Å². The molecule has 0 fully saturated rings. The number of aromatic nitrogens is 2. The zero-order chi connectivity index (χ0) is 22.5. The molecule has 0 spiro atoms. The number of nitrogens with zero attached hydrogens (tertiary/aromatic N) is 2. The van der Waals surface area contributed by atoms with Crippen molar-refractivity contribution in [2.24, 2.45) is 0 Å². The predicted molar refractivity (Wildman–Crippen MR) is 120 cm³/mol. The lowest BCUT2D eigenvalue weighted by Crippen LogP contribution is -2.26. The maximum Gasteiger partial charge on any atom is 0.278 e. The van der Waals surface area contributed by atoms with Crippen molar-refractivity contribution in [1.29, 1.82) is 0 Å². The van der Waals surface area contributed by atoms with Crippen LogP contribution in [0.4, 0.5) is 4.39 Å². The Kier molecular flexibility index (Phi) is 6.53. The first kappa shape index (κ1) is 21.6. The normalized spacial score (nSPS) is 11.8. The van der Waals surface area contributed by atoms with E-state index in [0.717, 1.165) is 5.56 Å². The second-order valence-corrected chi connectivity index (χ2v) is 7.93. The van der Waals surface area contributed by atoms with Crippen LogP contribution in [0.15, 0.2) is 89.9 Å². The van der Waals surface area contributed by atoms with E-state index in [4.69, 9.17) is 9.29 Å². The summed E-state index contributed by atoms with van der Waals surface area (Å²) in [6, 6.07) is 21.6. The molecule has 0 aliphatic carbocycles. The number of ether oxygens (including phenoxy) is 1. The van der Waals surface area contributed by atoms with E-state index in [1.807, 2.05) is 18.2 Å². The van der Waals surface area contributed by atoms with Crippen molar-refractivity contribution in [3.05, 3.63) is 112 Å². The van der Waals surface area contributed by atoms with Crippen molar-refractivity contribution < 1.29 is 17.9 Å². The van der Waals surface area contributed by atoms with Crippen molar-refractivity contribution in [3.63, 3.8) is 0 Å². The molecule has 0 aliphatic heterocycles. The molecular weight excluding hydrogens is 431 g/mol. The van der Waals surface area contributed by atoms with Crippen molar-refractivity contribution in [2.75, 3.05) is 0 Å². The van der Waals surface area contributed by atoms with Crippen LogP contribution in [-0.4, -0.2) is 18.5 Å². The van der Waals surface area contributed by atoms with Crippen molar-refractivity contribution in [3.8, 4) is 22.6 Å². The van der Waals surface area contributed by atoms with E-state index in [-0.39, 0.29) is 17.9 Å². The Morgan fingerprint density at radius 3 is 2.31 bits per heavy atom. The van der Waals surface area contributed by atoms with Gasteiger partial charge in [-0.3, -0.25) is 4.79 Å². The van der Waals surface area contributed by atoms with Gasteiger partial charge in [0.05, 0.1) is 23.2 Å². The molecule has 0 aliphatic rings. The summed E-state index contributed by atoms with van der Waals surface area (Å²) in [5.41, 5.74) is 2.44. The molecule has 8 heteroatoms. The second-order valence-electron chi connectivity index (χ2n) is 6.99. The van der Waals surface area contributed by atoms with Crippen molar-refractivity contribution in [2.45, 2.75) is 12.4 Å². The summed E-state index contributed by atoms with van der Waals surface area (Å²) in [6.07, 6.45) is 1.56. The summed E-state index contributed by atoms with van der Waals surface area (Å²) in [4.78, 5) is 13.3. The first-order chi connectivity index (χ1) is 15.5. The Balaban J connectivity index is 1.76. The Bertz CT molecular complexity index is 1290. The first-order valence-electron chi connectivity index (χ1n) is 9.73. The van der Waals surface area contributed by atoms with Crippen LogP contribution < -0.4 is 10.3 Å². The van der Waals surface area contributed by atoms with Gasteiger partial charge >= 0.3 is 0 Å². The minimum absolute atomic E-state index is 0.00427. The third kappa shape index (κ3) is 4.99. The molecule has 6 nitrogen and oxygen atoms in total. The molecule has 1 atom stereocenters. The fraction of sp³-hybridized carbons (Fsp3) is 0.0833. The Morgan fingerprint density at radius 2 is 1.66 bits per heavy atom. The summed E-state index contributed by atoms with van der Waals surface area (Å²) in [6.45, 7) is 0.00427. The Morgan fingerprint density at radius 1 is 0.969 bits per heavy atom. The molecule has 32 heavy (non-hydrogen) atoms. The van der Waals surface area contributed by atoms with Gasteiger partial charge in [-0.25, -0.2) is 8.60 Å². The molecule has 4 rings (SSSR count). The van der Waals surface area contributed by atoms with E-state index in [1.165, 1.54) is 28.9 Å². The predicted octanol–water partition coefficient (Wildman–Crippen LogP) is 4.34. The zero-order valence-electron chi connectivity index (χ0n) is 16.8. The lowest BCUT2D eigenvalue weighted by molar-refractivity contribution is 0.304. The monoisotopic (exact) mass is 450 g/mol. The van der Waals surface area contributed by atoms with Gasteiger partial charge in [-0.1, -0.05) is 42.5 Å². The molecule has 1 N–H and O–H groups in total. The molecule has 4 aromatic rings. The fourth-order valence-electron chi connectivity index (χ4n) is 3.24. The average molecular weight is 450 g/mol. The highest BCUT2D eigenvalue weighted by Crippen LogP contribution is 2.24. The van der Waals surface area contributed by atoms with Gasteiger partial charge in [0.15, 0.2) is 11.1 Å². The maximum absolute atomic E-state index is 13.3. The average Bonchev–Trinajstić information content (AvgIpc) is 2.80. The molecule has 0 radical (unpaired) electrons. The van der Waals surface area contributed by atoms with Crippen LogP contribution in [0.2, 0.25) is 0 Å². The quantitative estimate of drug-likeness (QED) is 0.424. The molecule has 1 aromatic heterocycles. The van der Waals surface area contributed by atoms with Crippen molar-refractivity contribution in [1.82, 2.24) is 9.78 Å². The first-order valence-corrected chi connectivity index (χ1v) is 11.0. The van der Waals surface area contributed by atoms with Gasteiger partial charge in [-0.05, 0) is 47.5 Å². The minimum atomic E-state index is -1.94. The van der Waals surface area contributed by atoms with E-state index < -0.39 is 16.9 Å². The molecule has 0 bridgehead atoms. The van der Waals surface area contributed by atoms with Crippen molar-refractivity contribution >= 4 is 11.1 Å². The number of benzene rings is 3. The smallest absolute Gasteiger partial charge is 0.278 e. The molecule has 0 saturated carbocycles. The largest absolute Gasteiger partial charge is 0.489 e. The van der Waals surface area contributed by atoms with E-state index in [9.17, 15) is 13.4 Å². The number of hydrogen-bond acceptors (Lipinski definition) is 4. The van der Waals surface area contributed by atoms with E-state index in [0.29, 0.717) is 28.1 Å². The summed E-state index contributed by atoms with van der Waals surface area (Å²) < 4.78 is 40.5. The third-order valence-corrected chi connectivity index (χ3v) is 5.41. The number of hydrogen-bond donors (Lipinski definition) is 1. The lowest BCUT2D eigenvalue weighted by atomic mass is 10.0. The van der Waals surface area contributed by atoms with E-state index in [2.05, 4.69) is 5.10 Å². The van der Waals surface area contributed by atoms with E-state index in [1.54, 1.807) is 42.6 Å². The van der Waals surface area contributed by atoms with Gasteiger partial charge in [0.2, 0.25) is 0 Å². The van der Waals surface area contributed by atoms with E-state index >= 15 is 0 Å². The number of rotatable bonds is 7. The molecule has 3 aromatic carbocycles. The Hall–Kier alpha value is -3.62. The zero-order valence-corrected chi connectivity index (χ0v) is 17.7. The van der Waals surface area contributed by atoms with Crippen LogP contribution in [0.25, 0.3) is 16.8 Å². The van der Waals surface area contributed by atoms with Crippen LogP contribution in [0.3, 0.4) is 0 Å².